The minimum absolute atomic E-state index is 0.0385. The first-order valence-electron chi connectivity index (χ1n) is 8.56. The van der Waals surface area contributed by atoms with Gasteiger partial charge in [0.1, 0.15) is 5.82 Å². The number of hydrogen-bond acceptors (Lipinski definition) is 3. The second kappa shape index (κ2) is 5.99. The fourth-order valence-corrected chi connectivity index (χ4v) is 3.68. The first-order valence-corrected chi connectivity index (χ1v) is 8.56. The normalized spacial score (nSPS) is 25.1. The Morgan fingerprint density at radius 1 is 1.30 bits per heavy atom. The van der Waals surface area contributed by atoms with E-state index in [-0.39, 0.29) is 17.2 Å². The van der Waals surface area contributed by atoms with Crippen LogP contribution in [0, 0.1) is 17.3 Å². The van der Waals surface area contributed by atoms with Gasteiger partial charge in [0, 0.05) is 13.1 Å². The van der Waals surface area contributed by atoms with E-state index in [1.165, 1.54) is 18.4 Å². The number of hydrogen-bond donors (Lipinski definition) is 1. The molecule has 0 radical (unpaired) electrons. The minimum Gasteiger partial charge on any atom is -0.370 e. The highest BCUT2D eigenvalue weighted by Gasteiger charge is 2.60. The lowest BCUT2D eigenvalue weighted by molar-refractivity contribution is -0.118. The van der Waals surface area contributed by atoms with E-state index < -0.39 is 0 Å². The Morgan fingerprint density at radius 2 is 2.00 bits per heavy atom. The second-order valence-corrected chi connectivity index (χ2v) is 7.65. The fraction of sp³-hybridized carbons (Fsp3) is 0.579. The quantitative estimate of drug-likeness (QED) is 0.859. The summed E-state index contributed by atoms with van der Waals surface area (Å²) in [5.74, 6) is 1.10. The lowest BCUT2D eigenvalue weighted by Gasteiger charge is -2.17. The Hall–Kier alpha value is -1.84. The van der Waals surface area contributed by atoms with E-state index in [1.54, 1.807) is 0 Å². The van der Waals surface area contributed by atoms with Crippen LogP contribution in [0.2, 0.25) is 0 Å². The number of allylic oxidation sites excluding steroid dienone is 2. The van der Waals surface area contributed by atoms with Crippen LogP contribution in [0.4, 0.5) is 11.5 Å². The fourth-order valence-electron chi connectivity index (χ4n) is 3.68. The maximum Gasteiger partial charge on any atom is 0.229 e. The molecule has 23 heavy (non-hydrogen) atoms. The highest BCUT2D eigenvalue weighted by Crippen LogP contribution is 2.59. The molecule has 2 heterocycles. The molecule has 3 rings (SSSR count). The molecule has 2 aliphatic rings. The number of carbonyl (C=O) groups excluding carboxylic acids is 1. The SMILES string of the molecule is CC(C)=C[C@H]1[C@H](C(=O)Nc2ccc(N3CCCC3)cn2)C1(C)C. The lowest BCUT2D eigenvalue weighted by Crippen LogP contribution is -2.19. The van der Waals surface area contributed by atoms with Crippen LogP contribution < -0.4 is 10.2 Å². The Morgan fingerprint density at radius 3 is 2.57 bits per heavy atom. The summed E-state index contributed by atoms with van der Waals surface area (Å²) in [5.41, 5.74) is 2.46. The van der Waals surface area contributed by atoms with Gasteiger partial charge in [-0.1, -0.05) is 25.5 Å². The molecule has 4 heteroatoms. The van der Waals surface area contributed by atoms with Crippen LogP contribution in [0.1, 0.15) is 40.5 Å². The Balaban J connectivity index is 1.63. The number of amides is 1. The van der Waals surface area contributed by atoms with Gasteiger partial charge in [-0.15, -0.1) is 0 Å². The summed E-state index contributed by atoms with van der Waals surface area (Å²) in [5, 5.41) is 2.98. The molecule has 4 nitrogen and oxygen atoms in total. The summed E-state index contributed by atoms with van der Waals surface area (Å²) in [7, 11) is 0. The third kappa shape index (κ3) is 3.26. The third-order valence-corrected chi connectivity index (χ3v) is 5.18. The summed E-state index contributed by atoms with van der Waals surface area (Å²) in [6.07, 6.45) is 6.59. The highest BCUT2D eigenvalue weighted by atomic mass is 16.2. The number of anilines is 2. The van der Waals surface area contributed by atoms with Gasteiger partial charge in [0.15, 0.2) is 0 Å². The first kappa shape index (κ1) is 16.0. The molecule has 0 spiro atoms. The van der Waals surface area contributed by atoms with Gasteiger partial charge in [0.2, 0.25) is 5.91 Å². The van der Waals surface area contributed by atoms with Crippen LogP contribution in [0.15, 0.2) is 30.0 Å². The average molecular weight is 313 g/mol. The van der Waals surface area contributed by atoms with Crippen LogP contribution in [-0.2, 0) is 4.79 Å². The van der Waals surface area contributed by atoms with Crippen molar-refractivity contribution in [1.29, 1.82) is 0 Å². The van der Waals surface area contributed by atoms with E-state index in [9.17, 15) is 4.79 Å². The molecule has 1 aromatic heterocycles. The van der Waals surface area contributed by atoms with E-state index in [0.29, 0.717) is 11.7 Å². The molecule has 2 atom stereocenters. The smallest absolute Gasteiger partial charge is 0.229 e. The third-order valence-electron chi connectivity index (χ3n) is 5.18. The number of rotatable bonds is 4. The molecule has 1 N–H and O–H groups in total. The highest BCUT2D eigenvalue weighted by molar-refractivity contribution is 5.95. The summed E-state index contributed by atoms with van der Waals surface area (Å²) in [6.45, 7) is 10.7. The zero-order valence-electron chi connectivity index (χ0n) is 14.6. The maximum absolute atomic E-state index is 12.5. The van der Waals surface area contributed by atoms with E-state index in [1.807, 2.05) is 12.3 Å². The van der Waals surface area contributed by atoms with Crippen molar-refractivity contribution in [2.45, 2.75) is 40.5 Å². The molecule has 0 bridgehead atoms. The van der Waals surface area contributed by atoms with E-state index in [2.05, 4.69) is 55.0 Å². The maximum atomic E-state index is 12.5. The van der Waals surface area contributed by atoms with Crippen LogP contribution in [0.5, 0.6) is 0 Å². The summed E-state index contributed by atoms with van der Waals surface area (Å²) < 4.78 is 0. The van der Waals surface area contributed by atoms with Gasteiger partial charge in [-0.25, -0.2) is 4.98 Å². The average Bonchev–Trinajstić information content (AvgIpc) is 2.88. The molecule has 1 saturated heterocycles. The van der Waals surface area contributed by atoms with Crippen LogP contribution in [0.3, 0.4) is 0 Å². The van der Waals surface area contributed by atoms with Gasteiger partial charge >= 0.3 is 0 Å². The van der Waals surface area contributed by atoms with Gasteiger partial charge in [0.05, 0.1) is 17.8 Å². The number of nitrogens with one attached hydrogen (secondary N) is 1. The summed E-state index contributed by atoms with van der Waals surface area (Å²) >= 11 is 0. The summed E-state index contributed by atoms with van der Waals surface area (Å²) in [6, 6.07) is 3.97. The zero-order valence-corrected chi connectivity index (χ0v) is 14.6. The van der Waals surface area contributed by atoms with Gasteiger partial charge in [0.25, 0.3) is 0 Å². The molecule has 1 amide bonds. The Bertz CT molecular complexity index is 608. The monoisotopic (exact) mass is 313 g/mol. The molecule has 2 fully saturated rings. The zero-order chi connectivity index (χ0) is 16.6. The lowest BCUT2D eigenvalue weighted by atomic mass is 10.1. The Kier molecular flexibility index (Phi) is 4.17. The molecule has 124 valence electrons. The van der Waals surface area contributed by atoms with Gasteiger partial charge in [-0.2, -0.15) is 0 Å². The molecule has 1 aromatic rings. The predicted molar refractivity (Wildman–Crippen MR) is 94.5 cm³/mol. The predicted octanol–water partition coefficient (Wildman–Crippen LogP) is 3.86. The molecular weight excluding hydrogens is 286 g/mol. The van der Waals surface area contributed by atoms with Crippen molar-refractivity contribution < 1.29 is 4.79 Å². The van der Waals surface area contributed by atoms with Crippen molar-refractivity contribution in [2.24, 2.45) is 17.3 Å². The minimum atomic E-state index is 0.0385. The van der Waals surface area contributed by atoms with Crippen molar-refractivity contribution in [3.05, 3.63) is 30.0 Å². The number of carbonyl (C=O) groups is 1. The molecule has 1 saturated carbocycles. The van der Waals surface area contributed by atoms with Crippen LogP contribution in [0.25, 0.3) is 0 Å². The van der Waals surface area contributed by atoms with Gasteiger partial charge in [-0.05, 0) is 50.2 Å². The van der Waals surface area contributed by atoms with Gasteiger partial charge in [-0.3, -0.25) is 4.79 Å². The molecule has 1 aliphatic heterocycles. The second-order valence-electron chi connectivity index (χ2n) is 7.65. The largest absolute Gasteiger partial charge is 0.370 e. The topological polar surface area (TPSA) is 45.2 Å². The van der Waals surface area contributed by atoms with E-state index in [0.717, 1.165) is 18.8 Å². The van der Waals surface area contributed by atoms with Crippen molar-refractivity contribution in [3.63, 3.8) is 0 Å². The van der Waals surface area contributed by atoms with Crippen LogP contribution >= 0.6 is 0 Å². The van der Waals surface area contributed by atoms with E-state index in [4.69, 9.17) is 0 Å². The van der Waals surface area contributed by atoms with Crippen molar-refractivity contribution in [2.75, 3.05) is 23.3 Å². The van der Waals surface area contributed by atoms with Crippen molar-refractivity contribution in [1.82, 2.24) is 4.98 Å². The molecular formula is C19H27N3O. The van der Waals surface area contributed by atoms with Crippen LogP contribution in [-0.4, -0.2) is 24.0 Å². The summed E-state index contributed by atoms with van der Waals surface area (Å²) in [4.78, 5) is 19.3. The van der Waals surface area contributed by atoms with Gasteiger partial charge < -0.3 is 10.2 Å². The van der Waals surface area contributed by atoms with Crippen molar-refractivity contribution in [3.8, 4) is 0 Å². The Labute approximate surface area is 139 Å². The molecule has 1 aliphatic carbocycles. The standard InChI is InChI=1S/C19H27N3O/c1-13(2)11-15-17(19(15,3)4)18(23)21-16-8-7-14(12-20-16)22-9-5-6-10-22/h7-8,11-12,15,17H,5-6,9-10H2,1-4H3,(H,20,21,23)/t15-,17+/m0/s1. The number of pyridine rings is 1. The van der Waals surface area contributed by atoms with Crippen molar-refractivity contribution >= 4 is 17.4 Å². The number of aromatic nitrogens is 1. The van der Waals surface area contributed by atoms with E-state index >= 15 is 0 Å². The molecule has 0 aromatic carbocycles. The first-order chi connectivity index (χ1) is 10.9. The molecule has 0 unspecified atom stereocenters. The number of nitrogens with zero attached hydrogens (tertiary/aromatic N) is 2.